The van der Waals surface area contributed by atoms with Crippen molar-refractivity contribution in [3.8, 4) is 0 Å². The van der Waals surface area contributed by atoms with Gasteiger partial charge in [0.2, 0.25) is 5.91 Å². The van der Waals surface area contributed by atoms with Crippen molar-refractivity contribution in [1.29, 1.82) is 0 Å². The molecule has 0 unspecified atom stereocenters. The number of carbonyl (C=O) groups excluding carboxylic acids is 1. The summed E-state index contributed by atoms with van der Waals surface area (Å²) in [6, 6.07) is 4.75. The maximum Gasteiger partial charge on any atom is 0.335 e. The number of amides is 1. The third-order valence-electron chi connectivity index (χ3n) is 3.56. The van der Waals surface area contributed by atoms with E-state index in [4.69, 9.17) is 5.11 Å². The van der Waals surface area contributed by atoms with Gasteiger partial charge in [0, 0.05) is 12.2 Å². The Morgan fingerprint density at radius 3 is 2.95 bits per heavy atom. The van der Waals surface area contributed by atoms with Gasteiger partial charge in [-0.2, -0.15) is 5.10 Å². The molecule has 0 spiro atoms. The second-order valence-corrected chi connectivity index (χ2v) is 4.80. The highest BCUT2D eigenvalue weighted by molar-refractivity contribution is 6.02. The van der Waals surface area contributed by atoms with E-state index in [1.807, 2.05) is 6.92 Å². The smallest absolute Gasteiger partial charge is 0.335 e. The van der Waals surface area contributed by atoms with Crippen molar-refractivity contribution in [2.75, 3.05) is 4.90 Å². The van der Waals surface area contributed by atoms with Crippen molar-refractivity contribution in [2.45, 2.75) is 26.4 Å². The molecule has 2 heterocycles. The fraction of sp³-hybridized carbons (Fsp3) is 0.286. The molecule has 0 fully saturated rings. The van der Waals surface area contributed by atoms with E-state index in [-0.39, 0.29) is 17.9 Å². The van der Waals surface area contributed by atoms with Crippen LogP contribution in [-0.4, -0.2) is 31.7 Å². The van der Waals surface area contributed by atoms with Crippen molar-refractivity contribution in [3.63, 3.8) is 0 Å². The number of rotatable bonds is 4. The summed E-state index contributed by atoms with van der Waals surface area (Å²) in [6.07, 6.45) is 1.74. The predicted octanol–water partition coefficient (Wildman–Crippen LogP) is 1.09. The lowest BCUT2D eigenvalue weighted by Crippen LogP contribution is -2.28. The molecular weight excluding hydrogens is 272 g/mol. The van der Waals surface area contributed by atoms with Gasteiger partial charge < -0.3 is 10.0 Å². The number of carbonyl (C=O) groups is 2. The van der Waals surface area contributed by atoms with Crippen molar-refractivity contribution < 1.29 is 14.7 Å². The van der Waals surface area contributed by atoms with E-state index in [2.05, 4.69) is 10.1 Å². The monoisotopic (exact) mass is 286 g/mol. The Labute approximate surface area is 120 Å². The van der Waals surface area contributed by atoms with E-state index < -0.39 is 5.97 Å². The van der Waals surface area contributed by atoms with Gasteiger partial charge in [-0.05, 0) is 24.6 Å². The lowest BCUT2D eigenvalue weighted by Gasteiger charge is -2.17. The minimum Gasteiger partial charge on any atom is -0.478 e. The number of carboxylic acids is 1. The van der Waals surface area contributed by atoms with Crippen LogP contribution < -0.4 is 4.90 Å². The van der Waals surface area contributed by atoms with Crippen molar-refractivity contribution >= 4 is 17.6 Å². The number of aromatic carboxylic acids is 1. The first kappa shape index (κ1) is 13.3. The molecule has 1 aliphatic rings. The van der Waals surface area contributed by atoms with Gasteiger partial charge >= 0.3 is 5.97 Å². The lowest BCUT2D eigenvalue weighted by atomic mass is 10.1. The normalized spacial score (nSPS) is 13.6. The molecule has 7 nitrogen and oxygen atoms in total. The van der Waals surface area contributed by atoms with Crippen LogP contribution >= 0.6 is 0 Å². The molecule has 0 atom stereocenters. The Morgan fingerprint density at radius 1 is 1.43 bits per heavy atom. The summed E-state index contributed by atoms with van der Waals surface area (Å²) in [5, 5.41) is 13.2. The maximum absolute atomic E-state index is 12.2. The summed E-state index contributed by atoms with van der Waals surface area (Å²) in [7, 11) is 0. The number of aromatic nitrogens is 3. The number of hydrogen-bond donors (Lipinski definition) is 1. The lowest BCUT2D eigenvalue weighted by molar-refractivity contribution is -0.117. The molecular formula is C14H14N4O3. The van der Waals surface area contributed by atoms with E-state index >= 15 is 0 Å². The molecule has 0 radical (unpaired) electrons. The number of hydrogen-bond acceptors (Lipinski definition) is 4. The molecule has 1 aromatic carbocycles. The third-order valence-corrected chi connectivity index (χ3v) is 3.56. The molecule has 1 aromatic heterocycles. The van der Waals surface area contributed by atoms with E-state index in [0.717, 1.165) is 5.56 Å². The molecule has 1 amide bonds. The zero-order valence-electron chi connectivity index (χ0n) is 11.5. The molecule has 2 aromatic rings. The van der Waals surface area contributed by atoms with Gasteiger partial charge in [0.15, 0.2) is 0 Å². The second kappa shape index (κ2) is 5.01. The summed E-state index contributed by atoms with van der Waals surface area (Å²) in [6.45, 7) is 2.91. The highest BCUT2D eigenvalue weighted by atomic mass is 16.4. The van der Waals surface area contributed by atoms with Crippen molar-refractivity contribution in [3.05, 3.63) is 41.5 Å². The van der Waals surface area contributed by atoms with E-state index in [1.54, 1.807) is 15.6 Å². The van der Waals surface area contributed by atoms with Crippen LogP contribution in [0.3, 0.4) is 0 Å². The minimum atomic E-state index is -1.01. The Balaban J connectivity index is 1.96. The maximum atomic E-state index is 12.2. The Morgan fingerprint density at radius 2 is 2.24 bits per heavy atom. The third kappa shape index (κ3) is 2.26. The summed E-state index contributed by atoms with van der Waals surface area (Å²) < 4.78 is 1.71. The molecule has 21 heavy (non-hydrogen) atoms. The number of nitrogens with zero attached hydrogens (tertiary/aromatic N) is 4. The minimum absolute atomic E-state index is 0.0572. The molecule has 0 saturated heterocycles. The number of carboxylic acid groups (broad SMARTS) is 1. The van der Waals surface area contributed by atoms with Crippen LogP contribution in [0.5, 0.6) is 0 Å². The molecule has 7 heteroatoms. The fourth-order valence-corrected chi connectivity index (χ4v) is 2.48. The first-order valence-electron chi connectivity index (χ1n) is 6.63. The van der Waals surface area contributed by atoms with Gasteiger partial charge in [0.25, 0.3) is 0 Å². The quantitative estimate of drug-likeness (QED) is 0.908. The summed E-state index contributed by atoms with van der Waals surface area (Å²) in [4.78, 5) is 29.0. The number of benzene rings is 1. The van der Waals surface area contributed by atoms with E-state index in [1.165, 1.54) is 18.5 Å². The van der Waals surface area contributed by atoms with Crippen LogP contribution in [0.4, 0.5) is 5.69 Å². The van der Waals surface area contributed by atoms with Crippen molar-refractivity contribution in [1.82, 2.24) is 14.8 Å². The van der Waals surface area contributed by atoms with Gasteiger partial charge in [-0.3, -0.25) is 4.79 Å². The molecule has 0 saturated carbocycles. The van der Waals surface area contributed by atoms with Crippen LogP contribution in [0.2, 0.25) is 0 Å². The first-order chi connectivity index (χ1) is 10.1. The van der Waals surface area contributed by atoms with Crippen LogP contribution in [0, 0.1) is 0 Å². The zero-order valence-corrected chi connectivity index (χ0v) is 11.5. The molecule has 0 bridgehead atoms. The SMILES string of the molecule is CCn1ncnc1CN1C(=O)Cc2ccc(C(=O)O)cc21. The molecule has 1 aliphatic heterocycles. The highest BCUT2D eigenvalue weighted by Crippen LogP contribution is 2.31. The van der Waals surface area contributed by atoms with Crippen LogP contribution in [0.25, 0.3) is 0 Å². The van der Waals surface area contributed by atoms with Crippen LogP contribution in [0.15, 0.2) is 24.5 Å². The number of aryl methyl sites for hydroxylation is 1. The molecule has 3 rings (SSSR count). The van der Waals surface area contributed by atoms with Gasteiger partial charge in [0.1, 0.15) is 12.2 Å². The Bertz CT molecular complexity index is 723. The van der Waals surface area contributed by atoms with Gasteiger partial charge in [-0.25, -0.2) is 14.5 Å². The standard InChI is InChI=1S/C14H14N4O3/c1-2-18-12(15-8-16-18)7-17-11-5-10(14(20)21)4-3-9(11)6-13(17)19/h3-5,8H,2,6-7H2,1H3,(H,20,21). The predicted molar refractivity (Wildman–Crippen MR) is 74.0 cm³/mol. The Kier molecular flexibility index (Phi) is 3.17. The first-order valence-corrected chi connectivity index (χ1v) is 6.63. The number of anilines is 1. The summed E-state index contributed by atoms with van der Waals surface area (Å²) in [5.74, 6) is -0.383. The van der Waals surface area contributed by atoms with Gasteiger partial charge in [-0.1, -0.05) is 6.07 Å². The summed E-state index contributed by atoms with van der Waals surface area (Å²) >= 11 is 0. The number of fused-ring (bicyclic) bond motifs is 1. The molecule has 1 N–H and O–H groups in total. The molecule has 108 valence electrons. The van der Waals surface area contributed by atoms with Crippen LogP contribution in [0.1, 0.15) is 28.7 Å². The molecule has 0 aliphatic carbocycles. The largest absolute Gasteiger partial charge is 0.478 e. The fourth-order valence-electron chi connectivity index (χ4n) is 2.48. The second-order valence-electron chi connectivity index (χ2n) is 4.80. The Hall–Kier alpha value is -2.70. The highest BCUT2D eigenvalue weighted by Gasteiger charge is 2.29. The van der Waals surface area contributed by atoms with Crippen LogP contribution in [-0.2, 0) is 24.3 Å². The average Bonchev–Trinajstić information content (AvgIpc) is 3.03. The van der Waals surface area contributed by atoms with Crippen molar-refractivity contribution in [2.24, 2.45) is 0 Å². The topological polar surface area (TPSA) is 88.3 Å². The van der Waals surface area contributed by atoms with E-state index in [0.29, 0.717) is 24.6 Å². The van der Waals surface area contributed by atoms with Gasteiger partial charge in [-0.15, -0.1) is 0 Å². The van der Waals surface area contributed by atoms with E-state index in [9.17, 15) is 9.59 Å². The average molecular weight is 286 g/mol. The van der Waals surface area contributed by atoms with Gasteiger partial charge in [0.05, 0.1) is 18.5 Å². The summed E-state index contributed by atoms with van der Waals surface area (Å²) in [5.41, 5.74) is 1.66. The zero-order chi connectivity index (χ0) is 15.0.